The van der Waals surface area contributed by atoms with Gasteiger partial charge in [-0.3, -0.25) is 0 Å². The molecular weight excluding hydrogens is 272 g/mol. The summed E-state index contributed by atoms with van der Waals surface area (Å²) in [7, 11) is -0.456. The molecule has 0 saturated carbocycles. The van der Waals surface area contributed by atoms with Crippen LogP contribution in [0.1, 0.15) is 33.6 Å². The molecule has 0 bridgehead atoms. The van der Waals surface area contributed by atoms with Crippen molar-refractivity contribution in [3.05, 3.63) is 12.2 Å². The van der Waals surface area contributed by atoms with Gasteiger partial charge in [0.1, 0.15) is 6.10 Å². The standard InChI is InChI=1S/C15H28O4Si/c1-15(2,3)20(5,6)19-13-8-7-11-18-12(13)9-10-14(16)17-4/h9-10,12-13H,7-8,11H2,1-6H3/b10-9+/t12-,13+/m0/s1. The number of esters is 1. The number of hydrogen-bond donors (Lipinski definition) is 0. The molecule has 0 unspecified atom stereocenters. The topological polar surface area (TPSA) is 44.8 Å². The van der Waals surface area contributed by atoms with Gasteiger partial charge in [-0.1, -0.05) is 20.8 Å². The van der Waals surface area contributed by atoms with Crippen LogP contribution in [0.5, 0.6) is 0 Å². The van der Waals surface area contributed by atoms with Gasteiger partial charge in [-0.15, -0.1) is 0 Å². The van der Waals surface area contributed by atoms with E-state index >= 15 is 0 Å². The van der Waals surface area contributed by atoms with Crippen LogP contribution in [0.3, 0.4) is 0 Å². The Balaban J connectivity index is 2.75. The molecule has 0 aromatic carbocycles. The van der Waals surface area contributed by atoms with E-state index in [-0.39, 0.29) is 23.2 Å². The molecule has 116 valence electrons. The van der Waals surface area contributed by atoms with Crippen LogP contribution in [-0.2, 0) is 18.7 Å². The Kier molecular flexibility index (Phi) is 5.98. The fraction of sp³-hybridized carbons (Fsp3) is 0.800. The van der Waals surface area contributed by atoms with E-state index in [1.807, 2.05) is 0 Å². The monoisotopic (exact) mass is 300 g/mol. The van der Waals surface area contributed by atoms with Crippen LogP contribution in [0, 0.1) is 0 Å². The first-order chi connectivity index (χ1) is 9.17. The Morgan fingerprint density at radius 3 is 2.55 bits per heavy atom. The van der Waals surface area contributed by atoms with Crippen LogP contribution in [0.4, 0.5) is 0 Å². The van der Waals surface area contributed by atoms with E-state index in [4.69, 9.17) is 9.16 Å². The summed E-state index contributed by atoms with van der Waals surface area (Å²) in [5.74, 6) is -0.356. The number of ether oxygens (including phenoxy) is 2. The second-order valence-corrected chi connectivity index (χ2v) is 11.5. The predicted molar refractivity (Wildman–Crippen MR) is 82.2 cm³/mol. The highest BCUT2D eigenvalue weighted by Gasteiger charge is 2.41. The summed E-state index contributed by atoms with van der Waals surface area (Å²) in [5, 5.41) is 0.168. The molecule has 0 spiro atoms. The number of carbonyl (C=O) groups is 1. The molecular formula is C15H28O4Si. The number of rotatable bonds is 4. The van der Waals surface area contributed by atoms with Crippen molar-refractivity contribution in [3.8, 4) is 0 Å². The van der Waals surface area contributed by atoms with E-state index in [9.17, 15) is 4.79 Å². The highest BCUT2D eigenvalue weighted by molar-refractivity contribution is 6.74. The van der Waals surface area contributed by atoms with Gasteiger partial charge < -0.3 is 13.9 Å². The van der Waals surface area contributed by atoms with Gasteiger partial charge in [0.25, 0.3) is 0 Å². The maximum atomic E-state index is 11.2. The van der Waals surface area contributed by atoms with Crippen molar-refractivity contribution in [2.24, 2.45) is 0 Å². The number of carbonyl (C=O) groups excluding carboxylic acids is 1. The van der Waals surface area contributed by atoms with E-state index in [2.05, 4.69) is 38.6 Å². The van der Waals surface area contributed by atoms with Gasteiger partial charge in [0.2, 0.25) is 0 Å². The minimum atomic E-state index is -1.83. The van der Waals surface area contributed by atoms with Crippen molar-refractivity contribution in [3.63, 3.8) is 0 Å². The van der Waals surface area contributed by atoms with Crippen molar-refractivity contribution in [2.45, 2.75) is 64.0 Å². The van der Waals surface area contributed by atoms with Gasteiger partial charge in [-0.25, -0.2) is 4.79 Å². The quantitative estimate of drug-likeness (QED) is 0.454. The number of methoxy groups -OCH3 is 1. The van der Waals surface area contributed by atoms with Crippen molar-refractivity contribution in [2.75, 3.05) is 13.7 Å². The fourth-order valence-corrected chi connectivity index (χ4v) is 3.24. The lowest BCUT2D eigenvalue weighted by Crippen LogP contribution is -2.48. The molecule has 1 heterocycles. The molecule has 0 aliphatic carbocycles. The van der Waals surface area contributed by atoms with Gasteiger partial charge in [0.05, 0.1) is 13.2 Å². The SMILES string of the molecule is COC(=O)/C=C/[C@@H]1OCCC[C@H]1O[Si](C)(C)C(C)(C)C. The molecule has 0 aromatic heterocycles. The average molecular weight is 300 g/mol. The first-order valence-electron chi connectivity index (χ1n) is 7.23. The Bertz CT molecular complexity index is 357. The lowest BCUT2D eigenvalue weighted by Gasteiger charge is -2.42. The summed E-state index contributed by atoms with van der Waals surface area (Å²) in [5.41, 5.74) is 0. The summed E-state index contributed by atoms with van der Waals surface area (Å²) in [6.45, 7) is 11.9. The van der Waals surface area contributed by atoms with Gasteiger partial charge in [-0.2, -0.15) is 0 Å². The van der Waals surface area contributed by atoms with Gasteiger partial charge >= 0.3 is 5.97 Å². The maximum absolute atomic E-state index is 11.2. The zero-order valence-electron chi connectivity index (χ0n) is 13.6. The third-order valence-electron chi connectivity index (χ3n) is 4.19. The molecule has 1 aliphatic heterocycles. The molecule has 0 amide bonds. The highest BCUT2D eigenvalue weighted by Crippen LogP contribution is 2.38. The molecule has 4 nitrogen and oxygen atoms in total. The third kappa shape index (κ3) is 4.72. The van der Waals surface area contributed by atoms with Crippen LogP contribution < -0.4 is 0 Å². The Labute approximate surface area is 123 Å². The summed E-state index contributed by atoms with van der Waals surface area (Å²) in [6.07, 6.45) is 5.05. The molecule has 1 saturated heterocycles. The van der Waals surface area contributed by atoms with Crippen molar-refractivity contribution >= 4 is 14.3 Å². The van der Waals surface area contributed by atoms with Crippen molar-refractivity contribution < 1.29 is 18.7 Å². The second-order valence-electron chi connectivity index (χ2n) is 6.78. The molecule has 2 atom stereocenters. The summed E-state index contributed by atoms with van der Waals surface area (Å²) in [6, 6.07) is 0. The van der Waals surface area contributed by atoms with E-state index in [1.54, 1.807) is 6.08 Å². The first kappa shape index (κ1) is 17.4. The Hall–Kier alpha value is -0.653. The third-order valence-corrected chi connectivity index (χ3v) is 8.69. The van der Waals surface area contributed by atoms with Gasteiger partial charge in [-0.05, 0) is 37.0 Å². The minimum absolute atomic E-state index is 0.0329. The molecule has 1 rings (SSSR count). The summed E-state index contributed by atoms with van der Waals surface area (Å²) >= 11 is 0. The van der Waals surface area contributed by atoms with Crippen molar-refractivity contribution in [1.82, 2.24) is 0 Å². The lowest BCUT2D eigenvalue weighted by atomic mass is 10.1. The van der Waals surface area contributed by atoms with Crippen LogP contribution in [0.2, 0.25) is 18.1 Å². The highest BCUT2D eigenvalue weighted by atomic mass is 28.4. The normalized spacial score (nSPS) is 24.9. The zero-order valence-corrected chi connectivity index (χ0v) is 14.6. The average Bonchev–Trinajstić information content (AvgIpc) is 2.35. The van der Waals surface area contributed by atoms with Crippen LogP contribution in [0.15, 0.2) is 12.2 Å². The zero-order chi connectivity index (χ0) is 15.4. The van der Waals surface area contributed by atoms with E-state index in [0.29, 0.717) is 6.61 Å². The molecule has 0 aromatic rings. The summed E-state index contributed by atoms with van der Waals surface area (Å²) < 4.78 is 16.8. The molecule has 20 heavy (non-hydrogen) atoms. The predicted octanol–water partition coefficient (Wildman–Crippen LogP) is 3.29. The fourth-order valence-electron chi connectivity index (χ4n) is 1.88. The molecule has 5 heteroatoms. The van der Waals surface area contributed by atoms with Crippen LogP contribution >= 0.6 is 0 Å². The Morgan fingerprint density at radius 2 is 2.00 bits per heavy atom. The first-order valence-corrected chi connectivity index (χ1v) is 10.1. The van der Waals surface area contributed by atoms with E-state index in [1.165, 1.54) is 13.2 Å². The van der Waals surface area contributed by atoms with E-state index in [0.717, 1.165) is 12.8 Å². The van der Waals surface area contributed by atoms with Gasteiger partial charge in [0, 0.05) is 12.7 Å². The smallest absolute Gasteiger partial charge is 0.330 e. The largest absolute Gasteiger partial charge is 0.466 e. The van der Waals surface area contributed by atoms with Gasteiger partial charge in [0.15, 0.2) is 8.32 Å². The molecule has 1 aliphatic rings. The Morgan fingerprint density at radius 1 is 1.35 bits per heavy atom. The maximum Gasteiger partial charge on any atom is 0.330 e. The van der Waals surface area contributed by atoms with Crippen LogP contribution in [0.25, 0.3) is 0 Å². The van der Waals surface area contributed by atoms with Crippen molar-refractivity contribution in [1.29, 1.82) is 0 Å². The molecule has 0 radical (unpaired) electrons. The number of hydrogen-bond acceptors (Lipinski definition) is 4. The van der Waals surface area contributed by atoms with Crippen LogP contribution in [-0.4, -0.2) is 40.2 Å². The molecule has 1 fully saturated rings. The summed E-state index contributed by atoms with van der Waals surface area (Å²) in [4.78, 5) is 11.2. The second kappa shape index (κ2) is 6.87. The lowest BCUT2D eigenvalue weighted by molar-refractivity contribution is -0.135. The van der Waals surface area contributed by atoms with E-state index < -0.39 is 8.32 Å². The minimum Gasteiger partial charge on any atom is -0.466 e. The molecule has 0 N–H and O–H groups in total.